The number of hydrogen-bond acceptors (Lipinski definition) is 0. The van der Waals surface area contributed by atoms with Crippen molar-refractivity contribution in [3.8, 4) is 0 Å². The van der Waals surface area contributed by atoms with Crippen molar-refractivity contribution in [2.24, 2.45) is 11.8 Å². The molecule has 0 aromatic carbocycles. The van der Waals surface area contributed by atoms with Gasteiger partial charge in [-0.15, -0.1) is 0 Å². The smallest absolute Gasteiger partial charge is 0.108 e. The average molecular weight is 230 g/mol. The Morgan fingerprint density at radius 1 is 0.688 bits per heavy atom. The zero-order valence-corrected chi connectivity index (χ0v) is 10.6. The fourth-order valence-corrected chi connectivity index (χ4v) is 3.43. The molecule has 2 rings (SSSR count). The van der Waals surface area contributed by atoms with E-state index in [1.54, 1.807) is 13.8 Å². The third-order valence-electron chi connectivity index (χ3n) is 4.81. The molecule has 2 fully saturated rings. The molecule has 0 aliphatic heterocycles. The first-order chi connectivity index (χ1) is 7.38. The second-order valence-electron chi connectivity index (χ2n) is 6.50. The predicted octanol–water partition coefficient (Wildman–Crippen LogP) is 4.82. The Bertz CT molecular complexity index is 199. The summed E-state index contributed by atoms with van der Waals surface area (Å²) >= 11 is 0. The maximum Gasteiger partial charge on any atom is 0.108 e. The molecule has 0 amide bonds. The standard InChI is InChI=1S/C14H24F2/c1-13(15)7-3-11(4-8-13)12-5-9-14(2,16)10-6-12/h11-12H,3-10H2,1-2H3. The topological polar surface area (TPSA) is 0 Å². The minimum absolute atomic E-state index is 0.667. The van der Waals surface area contributed by atoms with E-state index < -0.39 is 11.3 Å². The first-order valence-corrected chi connectivity index (χ1v) is 6.76. The largest absolute Gasteiger partial charge is 0.244 e. The highest BCUT2D eigenvalue weighted by molar-refractivity contribution is 4.89. The van der Waals surface area contributed by atoms with E-state index in [4.69, 9.17) is 0 Å². The first kappa shape index (κ1) is 12.3. The Hall–Kier alpha value is -0.140. The van der Waals surface area contributed by atoms with Crippen LogP contribution in [0.5, 0.6) is 0 Å². The van der Waals surface area contributed by atoms with E-state index in [1.807, 2.05) is 0 Å². The van der Waals surface area contributed by atoms with Gasteiger partial charge in [-0.1, -0.05) is 0 Å². The van der Waals surface area contributed by atoms with E-state index in [2.05, 4.69) is 0 Å². The van der Waals surface area contributed by atoms with Gasteiger partial charge in [0, 0.05) is 0 Å². The number of alkyl halides is 2. The number of rotatable bonds is 1. The molecule has 2 heteroatoms. The summed E-state index contributed by atoms with van der Waals surface area (Å²) in [6, 6.07) is 0. The molecular formula is C14H24F2. The monoisotopic (exact) mass is 230 g/mol. The molecule has 0 radical (unpaired) electrons. The van der Waals surface area contributed by atoms with Crippen molar-refractivity contribution in [2.75, 3.05) is 0 Å². The fourth-order valence-electron chi connectivity index (χ4n) is 3.43. The molecule has 94 valence electrons. The number of hydrogen-bond donors (Lipinski definition) is 0. The lowest BCUT2D eigenvalue weighted by atomic mass is 9.68. The average Bonchev–Trinajstić information content (AvgIpc) is 2.19. The molecule has 0 unspecified atom stereocenters. The predicted molar refractivity (Wildman–Crippen MR) is 62.9 cm³/mol. The Balaban J connectivity index is 1.82. The van der Waals surface area contributed by atoms with Gasteiger partial charge < -0.3 is 0 Å². The van der Waals surface area contributed by atoms with Crippen LogP contribution >= 0.6 is 0 Å². The molecule has 0 aromatic rings. The van der Waals surface area contributed by atoms with Crippen molar-refractivity contribution < 1.29 is 8.78 Å². The summed E-state index contributed by atoms with van der Waals surface area (Å²) in [6.07, 6.45) is 6.90. The summed E-state index contributed by atoms with van der Waals surface area (Å²) in [4.78, 5) is 0. The molecule has 16 heavy (non-hydrogen) atoms. The van der Waals surface area contributed by atoms with Crippen LogP contribution in [0.2, 0.25) is 0 Å². The zero-order valence-electron chi connectivity index (χ0n) is 10.6. The van der Waals surface area contributed by atoms with Gasteiger partial charge in [-0.05, 0) is 77.0 Å². The lowest BCUT2D eigenvalue weighted by Gasteiger charge is -2.40. The summed E-state index contributed by atoms with van der Waals surface area (Å²) in [5, 5.41) is 0. The molecule has 0 atom stereocenters. The highest BCUT2D eigenvalue weighted by atomic mass is 19.1. The van der Waals surface area contributed by atoms with Crippen molar-refractivity contribution in [1.82, 2.24) is 0 Å². The lowest BCUT2D eigenvalue weighted by Crippen LogP contribution is -2.34. The molecule has 2 aliphatic rings. The van der Waals surface area contributed by atoms with Crippen LogP contribution < -0.4 is 0 Å². The van der Waals surface area contributed by atoms with Crippen LogP contribution in [0, 0.1) is 11.8 Å². The van der Waals surface area contributed by atoms with Gasteiger partial charge in [-0.3, -0.25) is 0 Å². The van der Waals surface area contributed by atoms with Gasteiger partial charge >= 0.3 is 0 Å². The third kappa shape index (κ3) is 2.95. The van der Waals surface area contributed by atoms with Crippen molar-refractivity contribution in [2.45, 2.75) is 76.6 Å². The van der Waals surface area contributed by atoms with Gasteiger partial charge in [-0.25, -0.2) is 8.78 Å². The number of halogens is 2. The second-order valence-corrected chi connectivity index (χ2v) is 6.50. The van der Waals surface area contributed by atoms with Crippen LogP contribution in [0.4, 0.5) is 8.78 Å². The molecule has 2 saturated carbocycles. The summed E-state index contributed by atoms with van der Waals surface area (Å²) in [5.41, 5.74) is -1.86. The molecule has 0 heterocycles. The van der Waals surface area contributed by atoms with Gasteiger partial charge in [0.05, 0.1) is 0 Å². The van der Waals surface area contributed by atoms with E-state index in [9.17, 15) is 8.78 Å². The Kier molecular flexibility index (Phi) is 3.29. The van der Waals surface area contributed by atoms with Crippen molar-refractivity contribution in [1.29, 1.82) is 0 Å². The molecule has 0 spiro atoms. The van der Waals surface area contributed by atoms with Gasteiger partial charge in [0.15, 0.2) is 0 Å². The Morgan fingerprint density at radius 2 is 0.938 bits per heavy atom. The highest BCUT2D eigenvalue weighted by Gasteiger charge is 2.38. The van der Waals surface area contributed by atoms with E-state index in [0.29, 0.717) is 37.5 Å². The quantitative estimate of drug-likeness (QED) is 0.605. The maximum atomic E-state index is 13.7. The van der Waals surface area contributed by atoms with Gasteiger partial charge in [0.2, 0.25) is 0 Å². The Morgan fingerprint density at radius 3 is 1.19 bits per heavy atom. The molecule has 0 nitrogen and oxygen atoms in total. The van der Waals surface area contributed by atoms with Gasteiger partial charge in [0.25, 0.3) is 0 Å². The van der Waals surface area contributed by atoms with Crippen LogP contribution in [0.3, 0.4) is 0 Å². The van der Waals surface area contributed by atoms with Gasteiger partial charge in [-0.2, -0.15) is 0 Å². The Labute approximate surface area is 97.8 Å². The first-order valence-electron chi connectivity index (χ1n) is 6.76. The summed E-state index contributed by atoms with van der Waals surface area (Å²) < 4.78 is 27.3. The van der Waals surface area contributed by atoms with E-state index >= 15 is 0 Å². The van der Waals surface area contributed by atoms with Crippen LogP contribution in [0.1, 0.15) is 65.2 Å². The normalized spacial score (nSPS) is 50.2. The van der Waals surface area contributed by atoms with E-state index in [0.717, 1.165) is 25.7 Å². The minimum Gasteiger partial charge on any atom is -0.244 e. The fraction of sp³-hybridized carbons (Fsp3) is 1.00. The van der Waals surface area contributed by atoms with Gasteiger partial charge in [0.1, 0.15) is 11.3 Å². The van der Waals surface area contributed by atoms with Crippen LogP contribution in [0.25, 0.3) is 0 Å². The molecular weight excluding hydrogens is 206 g/mol. The third-order valence-corrected chi connectivity index (χ3v) is 4.81. The van der Waals surface area contributed by atoms with E-state index in [1.165, 1.54) is 0 Å². The molecule has 0 N–H and O–H groups in total. The summed E-state index contributed by atoms with van der Waals surface area (Å²) in [6.45, 7) is 3.45. The SMILES string of the molecule is CC1(F)CCC(C2CCC(C)(F)CC2)CC1. The molecule has 0 bridgehead atoms. The maximum absolute atomic E-state index is 13.7. The zero-order chi connectivity index (χ0) is 11.8. The van der Waals surface area contributed by atoms with Crippen LogP contribution in [0.15, 0.2) is 0 Å². The molecule has 2 aliphatic carbocycles. The summed E-state index contributed by atoms with van der Waals surface area (Å²) in [7, 11) is 0. The van der Waals surface area contributed by atoms with Crippen molar-refractivity contribution in [3.63, 3.8) is 0 Å². The lowest BCUT2D eigenvalue weighted by molar-refractivity contribution is 0.0425. The van der Waals surface area contributed by atoms with Crippen LogP contribution in [-0.2, 0) is 0 Å². The van der Waals surface area contributed by atoms with E-state index in [-0.39, 0.29) is 0 Å². The molecule has 0 aromatic heterocycles. The highest BCUT2D eigenvalue weighted by Crippen LogP contribution is 2.45. The second kappa shape index (κ2) is 4.27. The van der Waals surface area contributed by atoms with Crippen LogP contribution in [-0.4, -0.2) is 11.3 Å². The van der Waals surface area contributed by atoms with Crippen molar-refractivity contribution in [3.05, 3.63) is 0 Å². The minimum atomic E-state index is -0.931. The molecule has 0 saturated heterocycles. The summed E-state index contributed by atoms with van der Waals surface area (Å²) in [5.74, 6) is 1.33. The van der Waals surface area contributed by atoms with Crippen molar-refractivity contribution >= 4 is 0 Å².